The first kappa shape index (κ1) is 8.30. The molecule has 1 rings (SSSR count). The molecule has 0 atom stereocenters. The van der Waals surface area contributed by atoms with Gasteiger partial charge in [0.15, 0.2) is 5.82 Å². The minimum Gasteiger partial charge on any atom is -0.395 e. The first-order valence-corrected chi connectivity index (χ1v) is 3.38. The summed E-state index contributed by atoms with van der Waals surface area (Å²) in [5.74, 6) is -0.639. The van der Waals surface area contributed by atoms with E-state index in [2.05, 4.69) is 0 Å². The number of nitrogen functional groups attached to an aromatic ring is 1. The molecular formula is C7H7ClFNO. The summed E-state index contributed by atoms with van der Waals surface area (Å²) in [6.07, 6.45) is 0. The van der Waals surface area contributed by atoms with Crippen LogP contribution < -0.4 is 5.73 Å². The Balaban J connectivity index is 3.25. The Morgan fingerprint density at radius 3 is 2.73 bits per heavy atom. The second-order valence-electron chi connectivity index (χ2n) is 2.09. The van der Waals surface area contributed by atoms with Crippen LogP contribution in [0.25, 0.3) is 0 Å². The molecule has 0 aliphatic carbocycles. The Hall–Kier alpha value is -0.800. The van der Waals surface area contributed by atoms with Crippen LogP contribution in [0.2, 0.25) is 5.02 Å². The fourth-order valence-electron chi connectivity index (χ4n) is 0.737. The van der Waals surface area contributed by atoms with Gasteiger partial charge >= 0.3 is 0 Å². The van der Waals surface area contributed by atoms with E-state index in [1.165, 1.54) is 12.1 Å². The van der Waals surface area contributed by atoms with Crippen molar-refractivity contribution in [3.8, 4) is 0 Å². The Morgan fingerprint density at radius 1 is 1.55 bits per heavy atom. The van der Waals surface area contributed by atoms with Crippen LogP contribution in [0.4, 0.5) is 10.1 Å². The van der Waals surface area contributed by atoms with Gasteiger partial charge < -0.3 is 10.8 Å². The quantitative estimate of drug-likeness (QED) is 0.637. The minimum absolute atomic E-state index is 0.113. The number of anilines is 1. The van der Waals surface area contributed by atoms with Crippen molar-refractivity contribution in [3.63, 3.8) is 0 Å². The SMILES string of the molecule is Nc1c(Cl)ccc(CO)c1F. The largest absolute Gasteiger partial charge is 0.395 e. The van der Waals surface area contributed by atoms with Gasteiger partial charge in [-0.15, -0.1) is 0 Å². The first-order chi connectivity index (χ1) is 5.16. The highest BCUT2D eigenvalue weighted by atomic mass is 35.5. The molecule has 0 spiro atoms. The lowest BCUT2D eigenvalue weighted by molar-refractivity contribution is 0.276. The van der Waals surface area contributed by atoms with E-state index < -0.39 is 5.82 Å². The van der Waals surface area contributed by atoms with Gasteiger partial charge in [-0.2, -0.15) is 0 Å². The fraction of sp³-hybridized carbons (Fsp3) is 0.143. The van der Waals surface area contributed by atoms with Crippen LogP contribution in [0.1, 0.15) is 5.56 Å². The third kappa shape index (κ3) is 1.44. The van der Waals surface area contributed by atoms with Gasteiger partial charge in [0.1, 0.15) is 0 Å². The van der Waals surface area contributed by atoms with Crippen molar-refractivity contribution in [2.75, 3.05) is 5.73 Å². The molecular weight excluding hydrogens is 169 g/mol. The van der Waals surface area contributed by atoms with Gasteiger partial charge in [-0.3, -0.25) is 0 Å². The Kier molecular flexibility index (Phi) is 2.31. The van der Waals surface area contributed by atoms with Crippen LogP contribution in [0.15, 0.2) is 12.1 Å². The van der Waals surface area contributed by atoms with E-state index >= 15 is 0 Å². The first-order valence-electron chi connectivity index (χ1n) is 3.00. The molecule has 0 unspecified atom stereocenters. The molecule has 60 valence electrons. The van der Waals surface area contributed by atoms with Crippen LogP contribution in [-0.4, -0.2) is 5.11 Å². The number of nitrogens with two attached hydrogens (primary N) is 1. The predicted molar refractivity (Wildman–Crippen MR) is 41.7 cm³/mol. The molecule has 4 heteroatoms. The predicted octanol–water partition coefficient (Wildman–Crippen LogP) is 1.55. The van der Waals surface area contributed by atoms with E-state index in [1.807, 2.05) is 0 Å². The average molecular weight is 176 g/mol. The van der Waals surface area contributed by atoms with Crippen LogP contribution in [-0.2, 0) is 6.61 Å². The maximum Gasteiger partial charge on any atom is 0.153 e. The van der Waals surface area contributed by atoms with E-state index in [4.69, 9.17) is 22.4 Å². The molecule has 1 aromatic rings. The van der Waals surface area contributed by atoms with E-state index in [1.54, 1.807) is 0 Å². The molecule has 0 bridgehead atoms. The van der Waals surface area contributed by atoms with Gasteiger partial charge in [0, 0.05) is 5.56 Å². The Bertz CT molecular complexity index is 277. The average Bonchev–Trinajstić information content (AvgIpc) is 2.01. The van der Waals surface area contributed by atoms with Crippen molar-refractivity contribution in [1.29, 1.82) is 0 Å². The standard InChI is InChI=1S/C7H7ClFNO/c8-5-2-1-4(3-11)6(9)7(5)10/h1-2,11H,3,10H2. The molecule has 0 heterocycles. The Morgan fingerprint density at radius 2 is 2.18 bits per heavy atom. The van der Waals surface area contributed by atoms with Gasteiger partial charge in [0.05, 0.1) is 17.3 Å². The van der Waals surface area contributed by atoms with Crippen molar-refractivity contribution in [2.24, 2.45) is 0 Å². The van der Waals surface area contributed by atoms with Gasteiger partial charge in [-0.05, 0) is 6.07 Å². The third-order valence-corrected chi connectivity index (χ3v) is 1.71. The maximum absolute atomic E-state index is 12.9. The fourth-order valence-corrected chi connectivity index (χ4v) is 0.883. The number of hydrogen-bond donors (Lipinski definition) is 2. The molecule has 1 aromatic carbocycles. The molecule has 0 aliphatic rings. The third-order valence-electron chi connectivity index (χ3n) is 1.38. The maximum atomic E-state index is 12.9. The topological polar surface area (TPSA) is 46.2 Å². The van der Waals surface area contributed by atoms with Crippen LogP contribution >= 0.6 is 11.6 Å². The van der Waals surface area contributed by atoms with Gasteiger partial charge in [0.25, 0.3) is 0 Å². The normalized spacial score (nSPS) is 10.1. The lowest BCUT2D eigenvalue weighted by atomic mass is 10.2. The highest BCUT2D eigenvalue weighted by molar-refractivity contribution is 6.33. The summed E-state index contributed by atoms with van der Waals surface area (Å²) in [7, 11) is 0. The summed E-state index contributed by atoms with van der Waals surface area (Å²) < 4.78 is 12.9. The van der Waals surface area contributed by atoms with Crippen LogP contribution in [0, 0.1) is 5.82 Å². The molecule has 0 aliphatic heterocycles. The number of rotatable bonds is 1. The van der Waals surface area contributed by atoms with Crippen molar-refractivity contribution in [2.45, 2.75) is 6.61 Å². The highest BCUT2D eigenvalue weighted by Crippen LogP contribution is 2.24. The zero-order chi connectivity index (χ0) is 8.43. The lowest BCUT2D eigenvalue weighted by Gasteiger charge is -2.02. The van der Waals surface area contributed by atoms with Crippen LogP contribution in [0.3, 0.4) is 0 Å². The number of halogens is 2. The summed E-state index contributed by atoms with van der Waals surface area (Å²) >= 11 is 5.50. The smallest absolute Gasteiger partial charge is 0.153 e. The molecule has 0 radical (unpaired) electrons. The zero-order valence-corrected chi connectivity index (χ0v) is 6.40. The van der Waals surface area contributed by atoms with Gasteiger partial charge in [-0.25, -0.2) is 4.39 Å². The second-order valence-corrected chi connectivity index (χ2v) is 2.50. The number of aliphatic hydroxyl groups excluding tert-OH is 1. The number of benzene rings is 1. The monoisotopic (exact) mass is 175 g/mol. The van der Waals surface area contributed by atoms with Gasteiger partial charge in [0.2, 0.25) is 0 Å². The molecule has 11 heavy (non-hydrogen) atoms. The molecule has 0 saturated carbocycles. The van der Waals surface area contributed by atoms with Crippen molar-refractivity contribution in [1.82, 2.24) is 0 Å². The van der Waals surface area contributed by atoms with Crippen molar-refractivity contribution in [3.05, 3.63) is 28.5 Å². The summed E-state index contributed by atoms with van der Waals surface area (Å²) in [5.41, 5.74) is 5.29. The Labute approximate surface area is 68.4 Å². The zero-order valence-electron chi connectivity index (χ0n) is 5.64. The number of aliphatic hydroxyl groups is 1. The van der Waals surface area contributed by atoms with E-state index in [-0.39, 0.29) is 22.9 Å². The molecule has 0 fully saturated rings. The second kappa shape index (κ2) is 3.07. The summed E-state index contributed by atoms with van der Waals surface area (Å²) in [5, 5.41) is 8.76. The lowest BCUT2D eigenvalue weighted by Crippen LogP contribution is -1.97. The van der Waals surface area contributed by atoms with E-state index in [0.29, 0.717) is 0 Å². The summed E-state index contributed by atoms with van der Waals surface area (Å²) in [6.45, 7) is -0.368. The highest BCUT2D eigenvalue weighted by Gasteiger charge is 2.07. The molecule has 3 N–H and O–H groups in total. The molecule has 2 nitrogen and oxygen atoms in total. The van der Waals surface area contributed by atoms with Gasteiger partial charge in [-0.1, -0.05) is 17.7 Å². The van der Waals surface area contributed by atoms with Crippen molar-refractivity contribution >= 4 is 17.3 Å². The van der Waals surface area contributed by atoms with Crippen LogP contribution in [0.5, 0.6) is 0 Å². The summed E-state index contributed by atoms with van der Waals surface area (Å²) in [6, 6.07) is 2.85. The summed E-state index contributed by atoms with van der Waals surface area (Å²) in [4.78, 5) is 0. The minimum atomic E-state index is -0.639. The molecule has 0 saturated heterocycles. The van der Waals surface area contributed by atoms with E-state index in [0.717, 1.165) is 0 Å². The van der Waals surface area contributed by atoms with Crippen molar-refractivity contribution < 1.29 is 9.50 Å². The molecule has 0 aromatic heterocycles. The molecule has 0 amide bonds. The number of hydrogen-bond acceptors (Lipinski definition) is 2. The van der Waals surface area contributed by atoms with E-state index in [9.17, 15) is 4.39 Å².